The zero-order valence-corrected chi connectivity index (χ0v) is 14.5. The minimum atomic E-state index is -0.0687. The summed E-state index contributed by atoms with van der Waals surface area (Å²) in [6, 6.07) is 0.327. The zero-order chi connectivity index (χ0) is 15.7. The van der Waals surface area contributed by atoms with E-state index in [0.29, 0.717) is 6.04 Å². The first-order valence-corrected chi connectivity index (χ1v) is 7.30. The molecule has 0 radical (unpaired) electrons. The van der Waals surface area contributed by atoms with Crippen molar-refractivity contribution in [2.75, 3.05) is 17.7 Å². The fourth-order valence-corrected chi connectivity index (χ4v) is 1.66. The number of rotatable bonds is 3. The monoisotopic (exact) mass is 278 g/mol. The molecule has 0 saturated heterocycles. The van der Waals surface area contributed by atoms with Crippen LogP contribution in [0.25, 0.3) is 0 Å². The number of nitrogens with zero attached hydrogens (tertiary/aromatic N) is 2. The van der Waals surface area contributed by atoms with Gasteiger partial charge in [-0.1, -0.05) is 41.5 Å². The minimum Gasteiger partial charge on any atom is -0.373 e. The van der Waals surface area contributed by atoms with Crippen LogP contribution in [0, 0.1) is 12.3 Å². The van der Waals surface area contributed by atoms with E-state index in [1.54, 1.807) is 0 Å². The summed E-state index contributed by atoms with van der Waals surface area (Å²) in [5.74, 6) is 2.68. The number of aromatic nitrogens is 2. The van der Waals surface area contributed by atoms with Crippen molar-refractivity contribution in [2.45, 2.75) is 66.8 Å². The smallest absolute Gasteiger partial charge is 0.138 e. The summed E-state index contributed by atoms with van der Waals surface area (Å²) in [4.78, 5) is 9.37. The summed E-state index contributed by atoms with van der Waals surface area (Å²) in [5, 5.41) is 6.72. The lowest BCUT2D eigenvalue weighted by Crippen LogP contribution is -2.32. The van der Waals surface area contributed by atoms with Crippen LogP contribution in [0.1, 0.15) is 59.9 Å². The van der Waals surface area contributed by atoms with Crippen LogP contribution < -0.4 is 10.6 Å². The van der Waals surface area contributed by atoms with Gasteiger partial charge >= 0.3 is 0 Å². The number of hydrogen-bond donors (Lipinski definition) is 2. The fraction of sp³-hybridized carbons (Fsp3) is 0.750. The van der Waals surface area contributed by atoms with Crippen LogP contribution in [0.5, 0.6) is 0 Å². The third kappa shape index (κ3) is 3.84. The van der Waals surface area contributed by atoms with Crippen LogP contribution in [0.2, 0.25) is 0 Å². The standard InChI is InChI=1S/C16H30N4/c1-10-12(17-9)19-14(16(6,7)8)20-13(10)18-11(2)15(3,4)5/h11H,1-9H3,(H2,17,18,19,20). The van der Waals surface area contributed by atoms with Crippen LogP contribution in [0.4, 0.5) is 11.6 Å². The molecule has 4 heteroatoms. The van der Waals surface area contributed by atoms with Crippen LogP contribution in [0.3, 0.4) is 0 Å². The van der Waals surface area contributed by atoms with Gasteiger partial charge in [-0.2, -0.15) is 0 Å². The molecule has 1 rings (SSSR count). The maximum absolute atomic E-state index is 4.74. The van der Waals surface area contributed by atoms with Gasteiger partial charge in [0.1, 0.15) is 17.5 Å². The molecule has 0 aromatic carbocycles. The predicted molar refractivity (Wildman–Crippen MR) is 87.6 cm³/mol. The molecular formula is C16H30N4. The summed E-state index contributed by atoms with van der Waals surface area (Å²) >= 11 is 0. The van der Waals surface area contributed by atoms with Gasteiger partial charge in [-0.25, -0.2) is 9.97 Å². The molecule has 2 N–H and O–H groups in total. The topological polar surface area (TPSA) is 49.8 Å². The summed E-state index contributed by atoms with van der Waals surface area (Å²) in [7, 11) is 1.90. The van der Waals surface area contributed by atoms with Crippen molar-refractivity contribution in [2.24, 2.45) is 5.41 Å². The Hall–Kier alpha value is -1.32. The maximum atomic E-state index is 4.74. The molecule has 1 heterocycles. The van der Waals surface area contributed by atoms with Crippen LogP contribution in [0.15, 0.2) is 0 Å². The highest BCUT2D eigenvalue weighted by Crippen LogP contribution is 2.29. The molecule has 0 aliphatic carbocycles. The van der Waals surface area contributed by atoms with Gasteiger partial charge in [0.2, 0.25) is 0 Å². The van der Waals surface area contributed by atoms with Crippen molar-refractivity contribution >= 4 is 11.6 Å². The van der Waals surface area contributed by atoms with Crippen LogP contribution >= 0.6 is 0 Å². The molecule has 0 fully saturated rings. The molecule has 4 nitrogen and oxygen atoms in total. The average Bonchev–Trinajstić information content (AvgIpc) is 2.28. The Morgan fingerprint density at radius 2 is 1.45 bits per heavy atom. The highest BCUT2D eigenvalue weighted by atomic mass is 15.1. The Balaban J connectivity index is 3.25. The predicted octanol–water partition coefficient (Wildman–Crippen LogP) is 3.97. The van der Waals surface area contributed by atoms with E-state index in [4.69, 9.17) is 4.98 Å². The fourth-order valence-electron chi connectivity index (χ4n) is 1.66. The van der Waals surface area contributed by atoms with E-state index in [0.717, 1.165) is 23.0 Å². The molecule has 0 spiro atoms. The summed E-state index contributed by atoms with van der Waals surface area (Å²) in [5.41, 5.74) is 1.18. The largest absolute Gasteiger partial charge is 0.373 e. The molecule has 1 aromatic rings. The van der Waals surface area contributed by atoms with E-state index >= 15 is 0 Å². The lowest BCUT2D eigenvalue weighted by molar-refractivity contribution is 0.358. The summed E-state index contributed by atoms with van der Waals surface area (Å²) < 4.78 is 0. The number of nitrogens with one attached hydrogen (secondary N) is 2. The molecule has 114 valence electrons. The van der Waals surface area contributed by atoms with Gasteiger partial charge < -0.3 is 10.6 Å². The van der Waals surface area contributed by atoms with Crippen molar-refractivity contribution in [3.63, 3.8) is 0 Å². The molecular weight excluding hydrogens is 248 g/mol. The Morgan fingerprint density at radius 3 is 1.85 bits per heavy atom. The quantitative estimate of drug-likeness (QED) is 0.878. The van der Waals surface area contributed by atoms with Gasteiger partial charge in [0.25, 0.3) is 0 Å². The lowest BCUT2D eigenvalue weighted by atomic mass is 9.88. The molecule has 20 heavy (non-hydrogen) atoms. The van der Waals surface area contributed by atoms with Crippen molar-refractivity contribution in [3.05, 3.63) is 11.4 Å². The van der Waals surface area contributed by atoms with Gasteiger partial charge in [-0.3, -0.25) is 0 Å². The van der Waals surface area contributed by atoms with Crippen molar-refractivity contribution < 1.29 is 0 Å². The van der Waals surface area contributed by atoms with E-state index in [-0.39, 0.29) is 10.8 Å². The van der Waals surface area contributed by atoms with Gasteiger partial charge in [0, 0.05) is 24.1 Å². The summed E-state index contributed by atoms with van der Waals surface area (Å²) in [6.45, 7) is 17.3. The Kier molecular flexibility index (Phi) is 4.67. The van der Waals surface area contributed by atoms with Crippen molar-refractivity contribution in [1.29, 1.82) is 0 Å². The van der Waals surface area contributed by atoms with E-state index < -0.39 is 0 Å². The first kappa shape index (κ1) is 16.7. The molecule has 0 bridgehead atoms. The SMILES string of the molecule is CNc1nc(C(C)(C)C)nc(NC(C)C(C)(C)C)c1C. The molecule has 0 saturated carbocycles. The highest BCUT2D eigenvalue weighted by molar-refractivity contribution is 5.57. The second-order valence-corrected chi connectivity index (χ2v) is 7.60. The second-order valence-electron chi connectivity index (χ2n) is 7.60. The van der Waals surface area contributed by atoms with Crippen molar-refractivity contribution in [1.82, 2.24) is 9.97 Å². The minimum absolute atomic E-state index is 0.0687. The molecule has 1 unspecified atom stereocenters. The van der Waals surface area contributed by atoms with E-state index in [1.807, 2.05) is 7.05 Å². The van der Waals surface area contributed by atoms with Crippen molar-refractivity contribution in [3.8, 4) is 0 Å². The van der Waals surface area contributed by atoms with Gasteiger partial charge in [-0.15, -0.1) is 0 Å². The number of hydrogen-bond acceptors (Lipinski definition) is 4. The normalized spacial score (nSPS) is 14.1. The Morgan fingerprint density at radius 1 is 0.950 bits per heavy atom. The third-order valence-corrected chi connectivity index (χ3v) is 3.71. The first-order chi connectivity index (χ1) is 8.96. The zero-order valence-electron chi connectivity index (χ0n) is 14.5. The highest BCUT2D eigenvalue weighted by Gasteiger charge is 2.24. The first-order valence-electron chi connectivity index (χ1n) is 7.30. The molecule has 1 atom stereocenters. The molecule has 0 aliphatic rings. The van der Waals surface area contributed by atoms with Crippen LogP contribution in [-0.4, -0.2) is 23.1 Å². The van der Waals surface area contributed by atoms with Gasteiger partial charge in [0.15, 0.2) is 0 Å². The Labute approximate surface area is 123 Å². The Bertz CT molecular complexity index is 467. The molecule has 1 aromatic heterocycles. The molecule has 0 amide bonds. The van der Waals surface area contributed by atoms with Crippen LogP contribution in [-0.2, 0) is 5.41 Å². The van der Waals surface area contributed by atoms with E-state index in [1.165, 1.54) is 0 Å². The maximum Gasteiger partial charge on any atom is 0.138 e. The lowest BCUT2D eigenvalue weighted by Gasteiger charge is -2.30. The number of anilines is 2. The van der Waals surface area contributed by atoms with E-state index in [9.17, 15) is 0 Å². The van der Waals surface area contributed by atoms with Gasteiger partial charge in [-0.05, 0) is 19.3 Å². The van der Waals surface area contributed by atoms with Gasteiger partial charge in [0.05, 0.1) is 0 Å². The van der Waals surface area contributed by atoms with E-state index in [2.05, 4.69) is 71.0 Å². The summed E-state index contributed by atoms with van der Waals surface area (Å²) in [6.07, 6.45) is 0. The third-order valence-electron chi connectivity index (χ3n) is 3.71. The molecule has 0 aliphatic heterocycles. The second kappa shape index (κ2) is 5.58. The average molecular weight is 278 g/mol.